The molecule has 3 heteroatoms. The van der Waals surface area contributed by atoms with Gasteiger partial charge in [0, 0.05) is 17.1 Å². The topological polar surface area (TPSA) is 26.3 Å². The second kappa shape index (κ2) is 6.10. The van der Waals surface area contributed by atoms with Crippen molar-refractivity contribution in [3.05, 3.63) is 30.3 Å². The van der Waals surface area contributed by atoms with Crippen LogP contribution in [0.1, 0.15) is 32.6 Å². The predicted octanol–water partition coefficient (Wildman–Crippen LogP) is 3.65. The maximum atomic E-state index is 10.9. The molecule has 2 nitrogen and oxygen atoms in total. The summed E-state index contributed by atoms with van der Waals surface area (Å²) in [6.07, 6.45) is 4.51. The Bertz CT molecular complexity index is 364. The average Bonchev–Trinajstić information content (AvgIpc) is 2.30. The molecule has 0 heterocycles. The highest BCUT2D eigenvalue weighted by atomic mass is 32.2. The van der Waals surface area contributed by atoms with Crippen molar-refractivity contribution in [2.24, 2.45) is 0 Å². The molecular weight excluding hydrogens is 232 g/mol. The molecular formula is C14H18O2S. The maximum absolute atomic E-state index is 10.9. The van der Waals surface area contributed by atoms with Crippen LogP contribution in [0, 0.1) is 0 Å². The van der Waals surface area contributed by atoms with Crippen LogP contribution in [-0.4, -0.2) is 17.3 Å². The lowest BCUT2D eigenvalue weighted by atomic mass is 9.97. The first kappa shape index (κ1) is 12.5. The molecule has 0 bridgehead atoms. The van der Waals surface area contributed by atoms with Crippen molar-refractivity contribution < 1.29 is 9.53 Å². The predicted molar refractivity (Wildman–Crippen MR) is 70.1 cm³/mol. The molecule has 1 saturated carbocycles. The van der Waals surface area contributed by atoms with E-state index >= 15 is 0 Å². The molecule has 1 aromatic carbocycles. The Kier molecular flexibility index (Phi) is 4.49. The Morgan fingerprint density at radius 1 is 1.29 bits per heavy atom. The standard InChI is InChI=1S/C14H18O2S/c1-11(15)16-12-6-5-9-14(10-12)17-13-7-3-2-4-8-13/h2-4,7-8,12,14H,5-6,9-10H2,1H3/t12-,14+/m1/s1. The smallest absolute Gasteiger partial charge is 0.302 e. The van der Waals surface area contributed by atoms with E-state index in [1.54, 1.807) is 0 Å². The first-order valence-corrected chi connectivity index (χ1v) is 7.01. The number of hydrogen-bond acceptors (Lipinski definition) is 3. The van der Waals surface area contributed by atoms with Gasteiger partial charge in [-0.25, -0.2) is 0 Å². The molecule has 0 unspecified atom stereocenters. The summed E-state index contributed by atoms with van der Waals surface area (Å²) in [6, 6.07) is 10.4. The summed E-state index contributed by atoms with van der Waals surface area (Å²) in [5.41, 5.74) is 0. The monoisotopic (exact) mass is 250 g/mol. The van der Waals surface area contributed by atoms with E-state index in [1.807, 2.05) is 17.8 Å². The lowest BCUT2D eigenvalue weighted by Crippen LogP contribution is -2.25. The summed E-state index contributed by atoms with van der Waals surface area (Å²) in [5.74, 6) is -0.152. The van der Waals surface area contributed by atoms with E-state index in [1.165, 1.54) is 18.2 Å². The minimum absolute atomic E-state index is 0.127. The summed E-state index contributed by atoms with van der Waals surface area (Å²) in [4.78, 5) is 12.3. The Morgan fingerprint density at radius 3 is 2.76 bits per heavy atom. The fourth-order valence-corrected chi connectivity index (χ4v) is 3.54. The molecule has 1 fully saturated rings. The molecule has 0 radical (unpaired) electrons. The second-order valence-corrected chi connectivity index (χ2v) is 5.82. The van der Waals surface area contributed by atoms with Gasteiger partial charge in [0.15, 0.2) is 0 Å². The van der Waals surface area contributed by atoms with E-state index in [0.29, 0.717) is 5.25 Å². The van der Waals surface area contributed by atoms with E-state index in [-0.39, 0.29) is 12.1 Å². The van der Waals surface area contributed by atoms with Crippen LogP contribution in [0.15, 0.2) is 35.2 Å². The van der Waals surface area contributed by atoms with E-state index in [2.05, 4.69) is 24.3 Å². The van der Waals surface area contributed by atoms with Crippen LogP contribution in [0.25, 0.3) is 0 Å². The highest BCUT2D eigenvalue weighted by Crippen LogP contribution is 2.34. The third-order valence-electron chi connectivity index (χ3n) is 2.96. The summed E-state index contributed by atoms with van der Waals surface area (Å²) in [7, 11) is 0. The van der Waals surface area contributed by atoms with Crippen molar-refractivity contribution in [3.63, 3.8) is 0 Å². The highest BCUT2D eigenvalue weighted by Gasteiger charge is 2.24. The van der Waals surface area contributed by atoms with Gasteiger partial charge in [-0.2, -0.15) is 0 Å². The van der Waals surface area contributed by atoms with Gasteiger partial charge in [-0.3, -0.25) is 4.79 Å². The molecule has 92 valence electrons. The highest BCUT2D eigenvalue weighted by molar-refractivity contribution is 8.00. The molecule has 2 rings (SSSR count). The van der Waals surface area contributed by atoms with Crippen LogP contribution in [0.5, 0.6) is 0 Å². The molecule has 0 amide bonds. The number of carbonyl (C=O) groups excluding carboxylic acids is 1. The van der Waals surface area contributed by atoms with Crippen molar-refractivity contribution in [2.45, 2.75) is 48.9 Å². The Labute approximate surface area is 107 Å². The van der Waals surface area contributed by atoms with Crippen molar-refractivity contribution in [1.29, 1.82) is 0 Å². The summed E-state index contributed by atoms with van der Waals surface area (Å²) < 4.78 is 5.31. The van der Waals surface area contributed by atoms with Gasteiger partial charge in [-0.15, -0.1) is 11.8 Å². The molecule has 1 aliphatic carbocycles. The molecule has 0 aromatic heterocycles. The zero-order valence-electron chi connectivity index (χ0n) is 10.1. The normalized spacial score (nSPS) is 24.3. The second-order valence-electron chi connectivity index (χ2n) is 4.45. The number of ether oxygens (including phenoxy) is 1. The summed E-state index contributed by atoms with van der Waals surface area (Å²) in [6.45, 7) is 1.49. The van der Waals surface area contributed by atoms with Crippen LogP contribution in [0.4, 0.5) is 0 Å². The number of thioether (sulfide) groups is 1. The average molecular weight is 250 g/mol. The van der Waals surface area contributed by atoms with Crippen molar-refractivity contribution >= 4 is 17.7 Å². The third kappa shape index (κ3) is 4.08. The zero-order valence-corrected chi connectivity index (χ0v) is 10.9. The minimum atomic E-state index is -0.152. The number of rotatable bonds is 3. The molecule has 0 saturated heterocycles. The van der Waals surface area contributed by atoms with E-state index in [9.17, 15) is 4.79 Å². The Hall–Kier alpha value is -0.960. The lowest BCUT2D eigenvalue weighted by Gasteiger charge is -2.28. The van der Waals surface area contributed by atoms with Crippen LogP contribution in [0.3, 0.4) is 0 Å². The van der Waals surface area contributed by atoms with Gasteiger partial charge in [-0.1, -0.05) is 18.2 Å². The van der Waals surface area contributed by atoms with Gasteiger partial charge in [0.25, 0.3) is 0 Å². The molecule has 0 aliphatic heterocycles. The molecule has 17 heavy (non-hydrogen) atoms. The van der Waals surface area contributed by atoms with Gasteiger partial charge in [0.2, 0.25) is 0 Å². The van der Waals surface area contributed by atoms with Gasteiger partial charge in [0.05, 0.1) is 0 Å². The molecule has 0 N–H and O–H groups in total. The largest absolute Gasteiger partial charge is 0.463 e. The van der Waals surface area contributed by atoms with E-state index < -0.39 is 0 Å². The number of benzene rings is 1. The van der Waals surface area contributed by atoms with Gasteiger partial charge < -0.3 is 4.74 Å². The molecule has 1 aliphatic rings. The SMILES string of the molecule is CC(=O)O[C@@H]1CCC[C@H](Sc2ccccc2)C1. The summed E-state index contributed by atoms with van der Waals surface area (Å²) in [5, 5.41) is 0.579. The van der Waals surface area contributed by atoms with Gasteiger partial charge in [0.1, 0.15) is 6.10 Å². The maximum Gasteiger partial charge on any atom is 0.302 e. The first-order valence-electron chi connectivity index (χ1n) is 6.13. The number of esters is 1. The fraction of sp³-hybridized carbons (Fsp3) is 0.500. The number of carbonyl (C=O) groups is 1. The fourth-order valence-electron chi connectivity index (χ4n) is 2.24. The third-order valence-corrected chi connectivity index (χ3v) is 4.26. The quantitative estimate of drug-likeness (QED) is 0.766. The number of hydrogen-bond donors (Lipinski definition) is 0. The van der Waals surface area contributed by atoms with E-state index in [4.69, 9.17) is 4.74 Å². The summed E-state index contributed by atoms with van der Waals surface area (Å²) >= 11 is 1.90. The molecule has 2 atom stereocenters. The van der Waals surface area contributed by atoms with Crippen molar-refractivity contribution in [1.82, 2.24) is 0 Å². The van der Waals surface area contributed by atoms with Crippen LogP contribution < -0.4 is 0 Å². The van der Waals surface area contributed by atoms with Crippen LogP contribution >= 0.6 is 11.8 Å². The minimum Gasteiger partial charge on any atom is -0.463 e. The Morgan fingerprint density at radius 2 is 2.06 bits per heavy atom. The molecule has 1 aromatic rings. The Balaban J connectivity index is 1.87. The zero-order chi connectivity index (χ0) is 12.1. The van der Waals surface area contributed by atoms with Gasteiger partial charge >= 0.3 is 5.97 Å². The van der Waals surface area contributed by atoms with Crippen molar-refractivity contribution in [3.8, 4) is 0 Å². The first-order chi connectivity index (χ1) is 8.24. The van der Waals surface area contributed by atoms with Crippen molar-refractivity contribution in [2.75, 3.05) is 0 Å². The van der Waals surface area contributed by atoms with Gasteiger partial charge in [-0.05, 0) is 37.8 Å². The van der Waals surface area contributed by atoms with E-state index in [0.717, 1.165) is 19.3 Å². The lowest BCUT2D eigenvalue weighted by molar-refractivity contribution is -0.147. The molecule has 0 spiro atoms. The van der Waals surface area contributed by atoms with Crippen LogP contribution in [0.2, 0.25) is 0 Å². The van der Waals surface area contributed by atoms with Crippen LogP contribution in [-0.2, 0) is 9.53 Å².